The highest BCUT2D eigenvalue weighted by Crippen LogP contribution is 2.50. The van der Waals surface area contributed by atoms with Gasteiger partial charge in [-0.05, 0) is 35.4 Å². The molecule has 1 heterocycles. The largest absolute Gasteiger partial charge is 0.435 e. The van der Waals surface area contributed by atoms with Crippen molar-refractivity contribution in [1.29, 1.82) is 0 Å². The van der Waals surface area contributed by atoms with E-state index in [1.807, 2.05) is 0 Å². The average molecular weight is 442 g/mol. The van der Waals surface area contributed by atoms with E-state index in [1.54, 1.807) is 6.07 Å². The van der Waals surface area contributed by atoms with Gasteiger partial charge in [0.15, 0.2) is 5.82 Å². The minimum atomic E-state index is -4.87. The molecule has 0 amide bonds. The molecule has 10 heteroatoms. The summed E-state index contributed by atoms with van der Waals surface area (Å²) < 4.78 is 55.5. The number of rotatable bonds is 3. The first-order chi connectivity index (χ1) is 12.6. The molecule has 0 saturated carbocycles. The number of halogens is 7. The summed E-state index contributed by atoms with van der Waals surface area (Å²) in [5, 5.41) is 2.92. The van der Waals surface area contributed by atoms with Crippen LogP contribution in [0.3, 0.4) is 0 Å². The van der Waals surface area contributed by atoms with Gasteiger partial charge in [-0.25, -0.2) is 4.39 Å². The molecule has 0 spiro atoms. The van der Waals surface area contributed by atoms with Crippen molar-refractivity contribution in [1.82, 2.24) is 0 Å². The van der Waals surface area contributed by atoms with Gasteiger partial charge in [-0.2, -0.15) is 13.2 Å². The third-order valence-electron chi connectivity index (χ3n) is 4.23. The fraction of sp³-hybridized carbons (Fsp3) is 0.235. The minimum Gasteiger partial charge on any atom is -0.374 e. The van der Waals surface area contributed by atoms with Crippen molar-refractivity contribution in [2.45, 2.75) is 24.7 Å². The normalized spacial score (nSPS) is 19.8. The van der Waals surface area contributed by atoms with Crippen LogP contribution in [0.5, 0.6) is 0 Å². The van der Waals surface area contributed by atoms with Crippen LogP contribution in [0.15, 0.2) is 35.5 Å². The zero-order chi connectivity index (χ0) is 20.0. The zero-order valence-electron chi connectivity index (χ0n) is 13.4. The number of benzene rings is 2. The standard InChI is InChI=1S/C17H11Cl3F4N2O/c18-11-2-1-8(3-9(11)7-25)14-6-16(27-26-14,17(22,23)24)10-4-12(19)15(21)13(20)5-10/h1-5H,6-7,25H2. The van der Waals surface area contributed by atoms with E-state index < -0.39 is 39.6 Å². The Labute approximate surface area is 166 Å². The van der Waals surface area contributed by atoms with E-state index >= 15 is 0 Å². The Hall–Kier alpha value is -1.54. The van der Waals surface area contributed by atoms with Gasteiger partial charge >= 0.3 is 6.18 Å². The summed E-state index contributed by atoms with van der Waals surface area (Å²) in [6.07, 6.45) is -5.52. The first kappa shape index (κ1) is 20.2. The molecule has 0 aromatic heterocycles. The second-order valence-electron chi connectivity index (χ2n) is 5.90. The van der Waals surface area contributed by atoms with Gasteiger partial charge in [-0.15, -0.1) is 0 Å². The summed E-state index contributed by atoms with van der Waals surface area (Å²) in [6.45, 7) is 0.106. The van der Waals surface area contributed by atoms with Gasteiger partial charge in [0.2, 0.25) is 0 Å². The Balaban J connectivity index is 2.06. The van der Waals surface area contributed by atoms with E-state index in [1.165, 1.54) is 12.1 Å². The highest BCUT2D eigenvalue weighted by atomic mass is 35.5. The molecule has 27 heavy (non-hydrogen) atoms. The van der Waals surface area contributed by atoms with Crippen LogP contribution in [0, 0.1) is 5.82 Å². The number of nitrogens with zero attached hydrogens (tertiary/aromatic N) is 1. The topological polar surface area (TPSA) is 47.6 Å². The highest BCUT2D eigenvalue weighted by molar-refractivity contribution is 6.35. The average Bonchev–Trinajstić information content (AvgIpc) is 3.06. The molecule has 144 valence electrons. The SMILES string of the molecule is NCc1cc(C2=NOC(c3cc(Cl)c(F)c(Cl)c3)(C(F)(F)F)C2)ccc1Cl. The van der Waals surface area contributed by atoms with Crippen LogP contribution in [0.25, 0.3) is 0 Å². The molecule has 0 fully saturated rings. The molecule has 1 atom stereocenters. The summed E-state index contributed by atoms with van der Waals surface area (Å²) in [7, 11) is 0. The maximum absolute atomic E-state index is 13.9. The molecule has 0 aliphatic carbocycles. The van der Waals surface area contributed by atoms with Crippen LogP contribution in [0.2, 0.25) is 15.1 Å². The minimum absolute atomic E-state index is 0.0373. The van der Waals surface area contributed by atoms with Crippen LogP contribution in [-0.4, -0.2) is 11.9 Å². The number of oxime groups is 1. The van der Waals surface area contributed by atoms with Crippen molar-refractivity contribution >= 4 is 40.5 Å². The van der Waals surface area contributed by atoms with Crippen molar-refractivity contribution < 1.29 is 22.4 Å². The summed E-state index contributed by atoms with van der Waals surface area (Å²) in [5.41, 5.74) is 3.26. The number of nitrogens with two attached hydrogens (primary N) is 1. The van der Waals surface area contributed by atoms with Crippen LogP contribution in [0.4, 0.5) is 17.6 Å². The van der Waals surface area contributed by atoms with Gasteiger partial charge in [0.25, 0.3) is 5.60 Å². The molecule has 3 rings (SSSR count). The molecule has 1 unspecified atom stereocenters. The Morgan fingerprint density at radius 1 is 1.07 bits per heavy atom. The van der Waals surface area contributed by atoms with E-state index in [-0.39, 0.29) is 12.3 Å². The van der Waals surface area contributed by atoms with Crippen LogP contribution < -0.4 is 5.73 Å². The molecular formula is C17H11Cl3F4N2O. The summed E-state index contributed by atoms with van der Waals surface area (Å²) >= 11 is 17.3. The lowest BCUT2D eigenvalue weighted by atomic mass is 9.86. The Morgan fingerprint density at radius 3 is 2.26 bits per heavy atom. The second-order valence-corrected chi connectivity index (χ2v) is 7.12. The van der Waals surface area contributed by atoms with Crippen molar-refractivity contribution in [2.75, 3.05) is 0 Å². The van der Waals surface area contributed by atoms with E-state index in [9.17, 15) is 17.6 Å². The van der Waals surface area contributed by atoms with Gasteiger partial charge in [0, 0.05) is 23.6 Å². The van der Waals surface area contributed by atoms with Crippen LogP contribution in [0.1, 0.15) is 23.1 Å². The lowest BCUT2D eigenvalue weighted by Gasteiger charge is -2.29. The molecular weight excluding hydrogens is 431 g/mol. The maximum atomic E-state index is 13.9. The van der Waals surface area contributed by atoms with E-state index in [0.717, 1.165) is 12.1 Å². The molecule has 3 nitrogen and oxygen atoms in total. The van der Waals surface area contributed by atoms with Crippen LogP contribution >= 0.6 is 34.8 Å². The Kier molecular flexibility index (Phi) is 5.33. The molecule has 2 N–H and O–H groups in total. The smallest absolute Gasteiger partial charge is 0.374 e. The molecule has 0 radical (unpaired) electrons. The molecule has 2 aromatic carbocycles. The zero-order valence-corrected chi connectivity index (χ0v) is 15.6. The number of hydrogen-bond acceptors (Lipinski definition) is 3. The van der Waals surface area contributed by atoms with Crippen molar-refractivity contribution in [3.63, 3.8) is 0 Å². The highest BCUT2D eigenvalue weighted by Gasteiger charge is 2.62. The summed E-state index contributed by atoms with van der Waals surface area (Å²) in [5.74, 6) is -1.01. The van der Waals surface area contributed by atoms with E-state index in [0.29, 0.717) is 16.1 Å². The molecule has 2 aromatic rings. The first-order valence-corrected chi connectivity index (χ1v) is 8.68. The van der Waals surface area contributed by atoms with E-state index in [2.05, 4.69) is 5.16 Å². The molecule has 1 aliphatic heterocycles. The second kappa shape index (κ2) is 7.13. The lowest BCUT2D eigenvalue weighted by molar-refractivity contribution is -0.275. The van der Waals surface area contributed by atoms with Crippen molar-refractivity contribution in [3.05, 3.63) is 67.9 Å². The number of alkyl halides is 3. The monoisotopic (exact) mass is 440 g/mol. The molecule has 0 bridgehead atoms. The summed E-state index contributed by atoms with van der Waals surface area (Å²) in [6, 6.07) is 6.24. The maximum Gasteiger partial charge on any atom is 0.435 e. The third kappa shape index (κ3) is 3.49. The quantitative estimate of drug-likeness (QED) is 0.481. The van der Waals surface area contributed by atoms with Gasteiger partial charge < -0.3 is 10.6 Å². The fourth-order valence-electron chi connectivity index (χ4n) is 2.76. The predicted octanol–water partition coefficient (Wildman–Crippen LogP) is 5.83. The molecule has 0 saturated heterocycles. The Bertz CT molecular complexity index is 910. The van der Waals surface area contributed by atoms with Gasteiger partial charge in [0.05, 0.1) is 15.8 Å². The van der Waals surface area contributed by atoms with Crippen molar-refractivity contribution in [3.8, 4) is 0 Å². The van der Waals surface area contributed by atoms with Gasteiger partial charge in [0.1, 0.15) is 0 Å². The Morgan fingerprint density at radius 2 is 1.70 bits per heavy atom. The van der Waals surface area contributed by atoms with E-state index in [4.69, 9.17) is 45.4 Å². The van der Waals surface area contributed by atoms with Crippen molar-refractivity contribution in [2.24, 2.45) is 10.9 Å². The first-order valence-electron chi connectivity index (χ1n) is 7.54. The third-order valence-corrected chi connectivity index (χ3v) is 5.15. The number of hydrogen-bond donors (Lipinski definition) is 1. The van der Waals surface area contributed by atoms with Gasteiger partial charge in [-0.1, -0.05) is 46.0 Å². The fourth-order valence-corrected chi connectivity index (χ4v) is 3.44. The lowest BCUT2D eigenvalue weighted by Crippen LogP contribution is -2.42. The molecule has 1 aliphatic rings. The van der Waals surface area contributed by atoms with Gasteiger partial charge in [-0.3, -0.25) is 0 Å². The summed E-state index contributed by atoms with van der Waals surface area (Å²) in [4.78, 5) is 4.87. The predicted molar refractivity (Wildman–Crippen MR) is 95.7 cm³/mol. The van der Waals surface area contributed by atoms with Crippen LogP contribution in [-0.2, 0) is 17.0 Å².